The first-order valence-electron chi connectivity index (χ1n) is 10.4. The molecule has 1 aromatic carbocycles. The summed E-state index contributed by atoms with van der Waals surface area (Å²) in [4.78, 5) is 17.0. The predicted octanol–water partition coefficient (Wildman–Crippen LogP) is 4.80. The van der Waals surface area contributed by atoms with E-state index in [-0.39, 0.29) is 11.6 Å². The van der Waals surface area contributed by atoms with Crippen molar-refractivity contribution in [1.29, 1.82) is 0 Å². The summed E-state index contributed by atoms with van der Waals surface area (Å²) in [5.41, 5.74) is 2.17. The number of ether oxygens (including phenoxy) is 1. The zero-order chi connectivity index (χ0) is 22.9. The number of carbonyl (C=O) groups is 1. The molecule has 4 rings (SSSR count). The average molecular weight is 444 g/mol. The van der Waals surface area contributed by atoms with E-state index >= 15 is 0 Å². The lowest BCUT2D eigenvalue weighted by Crippen LogP contribution is -2.31. The number of fused-ring (bicyclic) bond motifs is 1. The fourth-order valence-corrected chi connectivity index (χ4v) is 3.87. The van der Waals surface area contributed by atoms with Gasteiger partial charge in [-0.05, 0) is 56.9 Å². The number of nitrogens with zero attached hydrogens (tertiary/aromatic N) is 3. The molecule has 0 radical (unpaired) electrons. The maximum atomic E-state index is 13.1. The van der Waals surface area contributed by atoms with Crippen LogP contribution >= 0.6 is 0 Å². The predicted molar refractivity (Wildman–Crippen MR) is 112 cm³/mol. The summed E-state index contributed by atoms with van der Waals surface area (Å²) in [5, 5.41) is 7.56. The molecule has 0 spiro atoms. The van der Waals surface area contributed by atoms with Gasteiger partial charge in [0, 0.05) is 29.6 Å². The van der Waals surface area contributed by atoms with Crippen molar-refractivity contribution in [3.05, 3.63) is 70.7 Å². The SMILES string of the molecule is CCOc1cc(-n2cc3c(n2)CCC[C@@H]3NC(=O)c2cc(C(F)(F)F)ccc2C)ccn1. The maximum Gasteiger partial charge on any atom is 0.416 e. The van der Waals surface area contributed by atoms with Gasteiger partial charge in [0.1, 0.15) is 0 Å². The van der Waals surface area contributed by atoms with Crippen LogP contribution in [0.5, 0.6) is 5.88 Å². The third-order valence-corrected chi connectivity index (χ3v) is 5.49. The van der Waals surface area contributed by atoms with Crippen LogP contribution in [0.1, 0.15) is 58.5 Å². The Balaban J connectivity index is 1.59. The second-order valence-electron chi connectivity index (χ2n) is 7.71. The minimum Gasteiger partial charge on any atom is -0.478 e. The average Bonchev–Trinajstić information content (AvgIpc) is 3.19. The molecule has 1 aliphatic rings. The highest BCUT2D eigenvalue weighted by Crippen LogP contribution is 2.32. The van der Waals surface area contributed by atoms with Crippen LogP contribution in [0, 0.1) is 6.92 Å². The van der Waals surface area contributed by atoms with E-state index < -0.39 is 17.6 Å². The van der Waals surface area contributed by atoms with E-state index in [2.05, 4.69) is 15.4 Å². The van der Waals surface area contributed by atoms with E-state index in [0.717, 1.165) is 41.9 Å². The van der Waals surface area contributed by atoms with Crippen molar-refractivity contribution < 1.29 is 22.7 Å². The molecule has 0 unspecified atom stereocenters. The summed E-state index contributed by atoms with van der Waals surface area (Å²) in [6.45, 7) is 3.99. The van der Waals surface area contributed by atoms with Crippen molar-refractivity contribution in [2.45, 2.75) is 45.3 Å². The monoisotopic (exact) mass is 444 g/mol. The third kappa shape index (κ3) is 4.46. The van der Waals surface area contributed by atoms with Gasteiger partial charge in [-0.15, -0.1) is 0 Å². The van der Waals surface area contributed by atoms with Crippen LogP contribution in [0.3, 0.4) is 0 Å². The van der Waals surface area contributed by atoms with Gasteiger partial charge in [-0.2, -0.15) is 18.3 Å². The largest absolute Gasteiger partial charge is 0.478 e. The summed E-state index contributed by atoms with van der Waals surface area (Å²) in [6.07, 6.45) is 1.24. The van der Waals surface area contributed by atoms with Crippen molar-refractivity contribution in [2.75, 3.05) is 6.61 Å². The summed E-state index contributed by atoms with van der Waals surface area (Å²) in [7, 11) is 0. The molecule has 1 amide bonds. The minimum absolute atomic E-state index is 0.0230. The molecule has 1 N–H and O–H groups in total. The van der Waals surface area contributed by atoms with Gasteiger partial charge in [-0.1, -0.05) is 6.07 Å². The van der Waals surface area contributed by atoms with Gasteiger partial charge in [0.25, 0.3) is 5.91 Å². The second kappa shape index (κ2) is 8.64. The number of aromatic nitrogens is 3. The molecule has 0 bridgehead atoms. The summed E-state index contributed by atoms with van der Waals surface area (Å²) >= 11 is 0. The van der Waals surface area contributed by atoms with Crippen LogP contribution in [0.15, 0.2) is 42.7 Å². The van der Waals surface area contributed by atoms with Gasteiger partial charge in [0.2, 0.25) is 5.88 Å². The Morgan fingerprint density at radius 2 is 2.09 bits per heavy atom. The Hall–Kier alpha value is -3.36. The zero-order valence-corrected chi connectivity index (χ0v) is 17.7. The molecular weight excluding hydrogens is 421 g/mol. The van der Waals surface area contributed by atoms with Gasteiger partial charge in [-0.25, -0.2) is 9.67 Å². The molecule has 2 heterocycles. The Labute approximate surface area is 183 Å². The Bertz CT molecular complexity index is 1140. The second-order valence-corrected chi connectivity index (χ2v) is 7.71. The number of aryl methyl sites for hydroxylation is 2. The Kier molecular flexibility index (Phi) is 5.90. The van der Waals surface area contributed by atoms with Crippen molar-refractivity contribution in [3.8, 4) is 11.6 Å². The van der Waals surface area contributed by atoms with Crippen LogP contribution in [-0.2, 0) is 12.6 Å². The fourth-order valence-electron chi connectivity index (χ4n) is 3.87. The molecule has 3 aromatic rings. The van der Waals surface area contributed by atoms with Crippen LogP contribution in [-0.4, -0.2) is 27.3 Å². The number of carbonyl (C=O) groups excluding carboxylic acids is 1. The van der Waals surface area contributed by atoms with Crippen LogP contribution in [0.2, 0.25) is 0 Å². The highest BCUT2D eigenvalue weighted by Gasteiger charge is 2.32. The highest BCUT2D eigenvalue weighted by atomic mass is 19.4. The number of nitrogens with one attached hydrogen (secondary N) is 1. The lowest BCUT2D eigenvalue weighted by atomic mass is 9.92. The topological polar surface area (TPSA) is 69.0 Å². The molecular formula is C23H23F3N4O2. The maximum absolute atomic E-state index is 13.1. The molecule has 32 heavy (non-hydrogen) atoms. The lowest BCUT2D eigenvalue weighted by Gasteiger charge is -2.23. The molecule has 1 atom stereocenters. The van der Waals surface area contributed by atoms with E-state index in [4.69, 9.17) is 4.74 Å². The van der Waals surface area contributed by atoms with Crippen molar-refractivity contribution in [1.82, 2.24) is 20.1 Å². The van der Waals surface area contributed by atoms with Gasteiger partial charge >= 0.3 is 6.18 Å². The van der Waals surface area contributed by atoms with E-state index in [1.807, 2.05) is 13.1 Å². The smallest absolute Gasteiger partial charge is 0.416 e. The molecule has 6 nitrogen and oxygen atoms in total. The lowest BCUT2D eigenvalue weighted by molar-refractivity contribution is -0.137. The van der Waals surface area contributed by atoms with E-state index in [9.17, 15) is 18.0 Å². The normalized spacial score (nSPS) is 15.8. The number of alkyl halides is 3. The third-order valence-electron chi connectivity index (χ3n) is 5.49. The first-order chi connectivity index (χ1) is 15.3. The molecule has 168 valence electrons. The standard InChI is InChI=1S/C23H23F3N4O2/c1-3-32-21-12-16(9-10-27-21)30-13-18-19(5-4-6-20(18)29-30)28-22(31)17-11-15(23(24,25)26)8-7-14(17)2/h7-13,19H,3-6H2,1-2H3,(H,28,31)/t19-/m0/s1. The number of halogens is 3. The molecule has 0 fully saturated rings. The van der Waals surface area contributed by atoms with Gasteiger partial charge in [0.05, 0.1) is 29.6 Å². The number of benzene rings is 1. The van der Waals surface area contributed by atoms with Crippen LogP contribution < -0.4 is 10.1 Å². The molecule has 2 aromatic heterocycles. The van der Waals surface area contributed by atoms with Crippen molar-refractivity contribution >= 4 is 5.91 Å². The highest BCUT2D eigenvalue weighted by molar-refractivity contribution is 5.96. The van der Waals surface area contributed by atoms with Crippen LogP contribution in [0.25, 0.3) is 5.69 Å². The van der Waals surface area contributed by atoms with Crippen LogP contribution in [0.4, 0.5) is 13.2 Å². The summed E-state index contributed by atoms with van der Waals surface area (Å²) < 4.78 is 46.5. The number of hydrogen-bond acceptors (Lipinski definition) is 4. The van der Waals surface area contributed by atoms with E-state index in [1.165, 1.54) is 6.07 Å². The number of amides is 1. The quantitative estimate of drug-likeness (QED) is 0.614. The number of pyridine rings is 1. The van der Waals surface area contributed by atoms with E-state index in [0.29, 0.717) is 24.5 Å². The number of hydrogen-bond donors (Lipinski definition) is 1. The molecule has 0 saturated carbocycles. The minimum atomic E-state index is -4.51. The number of rotatable bonds is 5. The van der Waals surface area contributed by atoms with Crippen molar-refractivity contribution in [2.24, 2.45) is 0 Å². The first-order valence-corrected chi connectivity index (χ1v) is 10.4. The molecule has 0 saturated heterocycles. The molecule has 9 heteroatoms. The van der Waals surface area contributed by atoms with Crippen molar-refractivity contribution in [3.63, 3.8) is 0 Å². The van der Waals surface area contributed by atoms with Gasteiger partial charge in [0.15, 0.2) is 0 Å². The molecule has 0 aliphatic heterocycles. The first kappa shape index (κ1) is 21.9. The van der Waals surface area contributed by atoms with E-state index in [1.54, 1.807) is 29.9 Å². The summed E-state index contributed by atoms with van der Waals surface area (Å²) in [6, 6.07) is 6.47. The zero-order valence-electron chi connectivity index (χ0n) is 17.7. The Morgan fingerprint density at radius 3 is 2.84 bits per heavy atom. The molecule has 1 aliphatic carbocycles. The Morgan fingerprint density at radius 1 is 1.28 bits per heavy atom. The summed E-state index contributed by atoms with van der Waals surface area (Å²) in [5.74, 6) is -0.0370. The van der Waals surface area contributed by atoms with Gasteiger partial charge in [-0.3, -0.25) is 4.79 Å². The fraction of sp³-hybridized carbons (Fsp3) is 0.348. The van der Waals surface area contributed by atoms with Gasteiger partial charge < -0.3 is 10.1 Å².